The fourth-order valence-corrected chi connectivity index (χ4v) is 5.20. The molecule has 0 spiro atoms. The summed E-state index contributed by atoms with van der Waals surface area (Å²) in [5.74, 6) is 0.782. The predicted octanol–water partition coefficient (Wildman–Crippen LogP) is 5.33. The number of pyridine rings is 1. The van der Waals surface area contributed by atoms with E-state index in [1.165, 1.54) is 0 Å². The van der Waals surface area contributed by atoms with Crippen LogP contribution in [0.25, 0.3) is 22.2 Å². The molecule has 0 radical (unpaired) electrons. The Kier molecular flexibility index (Phi) is 6.34. The summed E-state index contributed by atoms with van der Waals surface area (Å²) in [5.41, 5.74) is 3.89. The van der Waals surface area contributed by atoms with Crippen LogP contribution in [-0.4, -0.2) is 55.1 Å². The zero-order valence-corrected chi connectivity index (χ0v) is 19.7. The molecule has 34 heavy (non-hydrogen) atoms. The molecule has 8 nitrogen and oxygen atoms in total. The Hall–Kier alpha value is -3.24. The Labute approximate surface area is 200 Å². The van der Waals surface area contributed by atoms with E-state index in [0.29, 0.717) is 16.6 Å². The van der Waals surface area contributed by atoms with Gasteiger partial charge in [-0.2, -0.15) is 0 Å². The third-order valence-corrected chi connectivity index (χ3v) is 7.47. The van der Waals surface area contributed by atoms with Gasteiger partial charge in [-0.15, -0.1) is 0 Å². The van der Waals surface area contributed by atoms with Crippen LogP contribution in [0.3, 0.4) is 0 Å². The largest absolute Gasteiger partial charge is 0.366 e. The first-order valence-electron chi connectivity index (χ1n) is 11.2. The molecule has 0 bridgehead atoms. The molecule has 176 valence electrons. The Balaban J connectivity index is 1.37. The minimum absolute atomic E-state index is 0.405. The normalized spacial score (nSPS) is 15.9. The molecule has 9 heteroatoms. The summed E-state index contributed by atoms with van der Waals surface area (Å²) in [6, 6.07) is 16.9. The lowest BCUT2D eigenvalue weighted by Gasteiger charge is -2.33. The molecule has 0 amide bonds. The highest BCUT2D eigenvalue weighted by atomic mass is 32.3. The maximum Gasteiger partial charge on any atom is 0.145 e. The van der Waals surface area contributed by atoms with Gasteiger partial charge in [0.15, 0.2) is 0 Å². The summed E-state index contributed by atoms with van der Waals surface area (Å²) < 4.78 is 24.0. The molecule has 3 heterocycles. The van der Waals surface area contributed by atoms with Crippen molar-refractivity contribution in [2.24, 2.45) is 0 Å². The van der Waals surface area contributed by atoms with Crippen LogP contribution in [-0.2, 0) is 0 Å². The highest BCUT2D eigenvalue weighted by Crippen LogP contribution is 2.47. The molecule has 0 aliphatic carbocycles. The average molecular weight is 477 g/mol. The van der Waals surface area contributed by atoms with Crippen molar-refractivity contribution in [1.29, 1.82) is 0 Å². The van der Waals surface area contributed by atoms with E-state index < -0.39 is 10.8 Å². The maximum absolute atomic E-state index is 10.6. The van der Waals surface area contributed by atoms with Crippen molar-refractivity contribution < 1.29 is 9.11 Å². The lowest BCUT2D eigenvalue weighted by atomic mass is 10.1. The van der Waals surface area contributed by atoms with Crippen LogP contribution in [0.2, 0.25) is 0 Å². The predicted molar refractivity (Wildman–Crippen MR) is 138 cm³/mol. The molecule has 0 atom stereocenters. The van der Waals surface area contributed by atoms with E-state index in [9.17, 15) is 9.11 Å². The number of rotatable bonds is 6. The standard InChI is InChI=1S/C25H28N6O2S/c1-31-11-9-20(10-12-31)28-25-17-27-23-8-7-18(14-24(23)29-25)19-13-21(16-26-15-19)30-34(32,33)22-5-3-2-4-6-22/h2-8,13-17,20,30,32-33H,9-12H2,1H3,(H,28,29). The molecule has 2 aromatic carbocycles. The molecule has 0 unspecified atom stereocenters. The van der Waals surface area contributed by atoms with Crippen molar-refractivity contribution in [1.82, 2.24) is 19.9 Å². The van der Waals surface area contributed by atoms with Crippen molar-refractivity contribution in [2.45, 2.75) is 23.8 Å². The number of likely N-dealkylation sites (tertiary alicyclic amines) is 1. The van der Waals surface area contributed by atoms with Crippen LogP contribution in [0.15, 0.2) is 78.1 Å². The van der Waals surface area contributed by atoms with Crippen molar-refractivity contribution in [3.8, 4) is 11.1 Å². The fourth-order valence-electron chi connectivity index (χ4n) is 4.11. The monoisotopic (exact) mass is 476 g/mol. The number of aromatic nitrogens is 3. The first kappa shape index (κ1) is 22.5. The number of hydrogen-bond acceptors (Lipinski definition) is 8. The molecule has 5 rings (SSSR count). The smallest absolute Gasteiger partial charge is 0.145 e. The summed E-state index contributed by atoms with van der Waals surface area (Å²) in [4.78, 5) is 16.4. The van der Waals surface area contributed by atoms with Crippen molar-refractivity contribution in [3.05, 3.63) is 73.2 Å². The number of hydrogen-bond donors (Lipinski definition) is 4. The third kappa shape index (κ3) is 5.13. The van der Waals surface area contributed by atoms with Crippen LogP contribution in [0.4, 0.5) is 11.5 Å². The van der Waals surface area contributed by atoms with Gasteiger partial charge in [0, 0.05) is 17.8 Å². The summed E-state index contributed by atoms with van der Waals surface area (Å²) in [6.07, 6.45) is 7.29. The van der Waals surface area contributed by atoms with E-state index in [-0.39, 0.29) is 0 Å². The van der Waals surface area contributed by atoms with Crippen molar-refractivity contribution >= 4 is 33.3 Å². The SMILES string of the molecule is CN1CCC(Nc2cnc3ccc(-c4cncc(NS(O)(O)c5ccccc5)c4)cc3n2)CC1. The molecule has 2 aromatic heterocycles. The molecule has 1 aliphatic rings. The van der Waals surface area contributed by atoms with E-state index in [1.807, 2.05) is 30.3 Å². The average Bonchev–Trinajstić information content (AvgIpc) is 2.85. The van der Waals surface area contributed by atoms with Crippen LogP contribution >= 0.6 is 10.8 Å². The minimum atomic E-state index is -3.19. The van der Waals surface area contributed by atoms with Gasteiger partial charge >= 0.3 is 0 Å². The molecule has 4 aromatic rings. The highest BCUT2D eigenvalue weighted by Gasteiger charge is 2.18. The molecular weight excluding hydrogens is 448 g/mol. The van der Waals surface area contributed by atoms with Crippen LogP contribution < -0.4 is 10.0 Å². The number of anilines is 2. The highest BCUT2D eigenvalue weighted by molar-refractivity contribution is 8.25. The van der Waals surface area contributed by atoms with Gasteiger partial charge in [-0.05, 0) is 68.9 Å². The van der Waals surface area contributed by atoms with E-state index in [4.69, 9.17) is 4.98 Å². The van der Waals surface area contributed by atoms with Gasteiger partial charge in [0.1, 0.15) is 5.82 Å². The van der Waals surface area contributed by atoms with Gasteiger partial charge in [-0.1, -0.05) is 35.0 Å². The van der Waals surface area contributed by atoms with Gasteiger partial charge in [0.2, 0.25) is 0 Å². The van der Waals surface area contributed by atoms with Crippen molar-refractivity contribution in [2.75, 3.05) is 30.2 Å². The zero-order chi connectivity index (χ0) is 23.5. The summed E-state index contributed by atoms with van der Waals surface area (Å²) >= 11 is 0. The molecular formula is C25H28N6O2S. The number of benzene rings is 2. The molecule has 0 saturated carbocycles. The maximum atomic E-state index is 10.6. The first-order chi connectivity index (χ1) is 16.5. The summed E-state index contributed by atoms with van der Waals surface area (Å²) in [7, 11) is -1.04. The molecule has 4 N–H and O–H groups in total. The summed E-state index contributed by atoms with van der Waals surface area (Å²) in [5, 5.41) is 3.53. The van der Waals surface area contributed by atoms with Gasteiger partial charge in [-0.3, -0.25) is 23.8 Å². The second-order valence-corrected chi connectivity index (χ2v) is 10.4. The second-order valence-electron chi connectivity index (χ2n) is 8.61. The van der Waals surface area contributed by atoms with Gasteiger partial charge in [-0.25, -0.2) is 4.98 Å². The van der Waals surface area contributed by atoms with Gasteiger partial charge in [0.05, 0.1) is 34.0 Å². The van der Waals surface area contributed by atoms with Crippen molar-refractivity contribution in [3.63, 3.8) is 0 Å². The molecule has 1 fully saturated rings. The molecule has 1 saturated heterocycles. The number of piperidine rings is 1. The van der Waals surface area contributed by atoms with Crippen LogP contribution in [0.5, 0.6) is 0 Å². The molecule has 1 aliphatic heterocycles. The van der Waals surface area contributed by atoms with Crippen LogP contribution in [0.1, 0.15) is 12.8 Å². The van der Waals surface area contributed by atoms with E-state index >= 15 is 0 Å². The van der Waals surface area contributed by atoms with E-state index in [2.05, 4.69) is 32.0 Å². The Morgan fingerprint density at radius 3 is 2.50 bits per heavy atom. The van der Waals surface area contributed by atoms with E-state index in [0.717, 1.165) is 53.9 Å². The lowest BCUT2D eigenvalue weighted by molar-refractivity contribution is 0.263. The quantitative estimate of drug-likeness (QED) is 0.296. The topological polar surface area (TPSA) is 106 Å². The Bertz CT molecular complexity index is 1280. The first-order valence-corrected chi connectivity index (χ1v) is 12.8. The fraction of sp³-hybridized carbons (Fsp3) is 0.240. The van der Waals surface area contributed by atoms with Gasteiger partial charge in [0.25, 0.3) is 0 Å². The summed E-state index contributed by atoms with van der Waals surface area (Å²) in [6.45, 7) is 2.16. The minimum Gasteiger partial charge on any atom is -0.366 e. The number of nitrogens with zero attached hydrogens (tertiary/aromatic N) is 4. The van der Waals surface area contributed by atoms with E-state index in [1.54, 1.807) is 42.9 Å². The zero-order valence-electron chi connectivity index (χ0n) is 18.9. The van der Waals surface area contributed by atoms with Gasteiger partial charge < -0.3 is 10.2 Å². The lowest BCUT2D eigenvalue weighted by Crippen LogP contribution is -2.36. The Morgan fingerprint density at radius 1 is 0.912 bits per heavy atom. The second kappa shape index (κ2) is 9.55. The Morgan fingerprint density at radius 2 is 1.71 bits per heavy atom. The number of nitrogens with one attached hydrogen (secondary N) is 2. The number of fused-ring (bicyclic) bond motifs is 1. The van der Waals surface area contributed by atoms with Crippen LogP contribution in [0, 0.1) is 0 Å². The third-order valence-electron chi connectivity index (χ3n) is 6.02.